The summed E-state index contributed by atoms with van der Waals surface area (Å²) in [5.41, 5.74) is 1.15. The second-order valence-corrected chi connectivity index (χ2v) is 4.04. The van der Waals surface area contributed by atoms with Gasteiger partial charge in [-0.05, 0) is 32.1 Å². The third-order valence-corrected chi connectivity index (χ3v) is 2.81. The Morgan fingerprint density at radius 2 is 2.19 bits per heavy atom. The molecule has 1 unspecified atom stereocenters. The number of aromatic nitrogens is 1. The number of nitrogens with zero attached hydrogens (tertiary/aromatic N) is 2. The fourth-order valence-electron chi connectivity index (χ4n) is 1.76. The van der Waals surface area contributed by atoms with Crippen molar-refractivity contribution in [2.45, 2.75) is 33.4 Å². The molecule has 1 atom stereocenters. The molecule has 0 aromatic carbocycles. The lowest BCUT2D eigenvalue weighted by Gasteiger charge is -2.27. The Labute approximate surface area is 98.9 Å². The second kappa shape index (κ2) is 7.36. The average Bonchev–Trinajstić information content (AvgIpc) is 2.34. The number of nitrogens with one attached hydrogen (secondary N) is 1. The first-order valence-corrected chi connectivity index (χ1v) is 6.12. The zero-order chi connectivity index (χ0) is 11.8. The first-order valence-electron chi connectivity index (χ1n) is 6.12. The Hall–Kier alpha value is -0.930. The van der Waals surface area contributed by atoms with Gasteiger partial charge in [0, 0.05) is 25.3 Å². The Morgan fingerprint density at radius 3 is 2.75 bits per heavy atom. The summed E-state index contributed by atoms with van der Waals surface area (Å²) >= 11 is 0. The van der Waals surface area contributed by atoms with Crippen LogP contribution in [0.15, 0.2) is 24.4 Å². The average molecular weight is 221 g/mol. The van der Waals surface area contributed by atoms with E-state index < -0.39 is 0 Å². The molecule has 16 heavy (non-hydrogen) atoms. The van der Waals surface area contributed by atoms with E-state index in [1.54, 1.807) is 0 Å². The first-order chi connectivity index (χ1) is 7.77. The van der Waals surface area contributed by atoms with Crippen molar-refractivity contribution in [1.82, 2.24) is 15.2 Å². The summed E-state index contributed by atoms with van der Waals surface area (Å²) in [7, 11) is 0. The molecule has 0 saturated carbocycles. The van der Waals surface area contributed by atoms with Crippen LogP contribution in [-0.2, 0) is 6.54 Å². The highest BCUT2D eigenvalue weighted by Crippen LogP contribution is 2.05. The van der Waals surface area contributed by atoms with Crippen molar-refractivity contribution in [3.63, 3.8) is 0 Å². The lowest BCUT2D eigenvalue weighted by atomic mass is 10.2. The van der Waals surface area contributed by atoms with E-state index in [0.717, 1.165) is 31.9 Å². The van der Waals surface area contributed by atoms with Crippen LogP contribution in [0.5, 0.6) is 0 Å². The molecule has 3 heteroatoms. The number of hydrogen-bond acceptors (Lipinski definition) is 3. The molecule has 1 heterocycles. The largest absolute Gasteiger partial charge is 0.315 e. The van der Waals surface area contributed by atoms with Crippen molar-refractivity contribution in [2.24, 2.45) is 0 Å². The van der Waals surface area contributed by atoms with Gasteiger partial charge in [-0.15, -0.1) is 0 Å². The Bertz CT molecular complexity index is 274. The normalized spacial score (nSPS) is 13.0. The van der Waals surface area contributed by atoms with E-state index in [9.17, 15) is 0 Å². The van der Waals surface area contributed by atoms with Gasteiger partial charge in [-0.2, -0.15) is 0 Å². The predicted octanol–water partition coefficient (Wildman–Crippen LogP) is 1.90. The zero-order valence-corrected chi connectivity index (χ0v) is 10.6. The molecule has 0 amide bonds. The van der Waals surface area contributed by atoms with Crippen LogP contribution in [0.2, 0.25) is 0 Å². The molecule has 0 radical (unpaired) electrons. The predicted molar refractivity (Wildman–Crippen MR) is 68.3 cm³/mol. The summed E-state index contributed by atoms with van der Waals surface area (Å²) in [5, 5.41) is 3.39. The molecule has 0 aliphatic carbocycles. The third kappa shape index (κ3) is 4.29. The van der Waals surface area contributed by atoms with Crippen LogP contribution in [0.3, 0.4) is 0 Å². The minimum atomic E-state index is 0.548. The molecule has 1 rings (SSSR count). The van der Waals surface area contributed by atoms with E-state index in [0.29, 0.717) is 6.04 Å². The highest BCUT2D eigenvalue weighted by Gasteiger charge is 2.11. The topological polar surface area (TPSA) is 28.2 Å². The summed E-state index contributed by atoms with van der Waals surface area (Å²) in [4.78, 5) is 6.80. The monoisotopic (exact) mass is 221 g/mol. The molecule has 1 N–H and O–H groups in total. The van der Waals surface area contributed by atoms with E-state index >= 15 is 0 Å². The highest BCUT2D eigenvalue weighted by molar-refractivity contribution is 5.03. The lowest BCUT2D eigenvalue weighted by molar-refractivity contribution is 0.204. The standard InChI is InChI=1S/C13H23N3/c1-4-14-10-12(3)16(5-2)11-13-8-6-7-9-15-13/h6-9,12,14H,4-5,10-11H2,1-3H3. The maximum atomic E-state index is 4.37. The van der Waals surface area contributed by atoms with Crippen LogP contribution >= 0.6 is 0 Å². The van der Waals surface area contributed by atoms with Crippen LogP contribution in [-0.4, -0.2) is 35.6 Å². The summed E-state index contributed by atoms with van der Waals surface area (Å²) < 4.78 is 0. The van der Waals surface area contributed by atoms with Crippen molar-refractivity contribution >= 4 is 0 Å². The summed E-state index contributed by atoms with van der Waals surface area (Å²) in [6.07, 6.45) is 1.86. The Balaban J connectivity index is 2.48. The molecule has 0 spiro atoms. The van der Waals surface area contributed by atoms with Crippen LogP contribution < -0.4 is 5.32 Å². The molecule has 90 valence electrons. The molecular weight excluding hydrogens is 198 g/mol. The minimum absolute atomic E-state index is 0.548. The van der Waals surface area contributed by atoms with Crippen molar-refractivity contribution in [2.75, 3.05) is 19.6 Å². The maximum Gasteiger partial charge on any atom is 0.0544 e. The summed E-state index contributed by atoms with van der Waals surface area (Å²) in [6.45, 7) is 10.7. The van der Waals surface area contributed by atoms with Gasteiger partial charge in [-0.25, -0.2) is 0 Å². The van der Waals surface area contributed by atoms with Gasteiger partial charge in [0.1, 0.15) is 0 Å². The van der Waals surface area contributed by atoms with Gasteiger partial charge in [0.2, 0.25) is 0 Å². The van der Waals surface area contributed by atoms with Gasteiger partial charge in [0.05, 0.1) is 5.69 Å². The SMILES string of the molecule is CCNCC(C)N(CC)Cc1ccccn1. The second-order valence-electron chi connectivity index (χ2n) is 4.04. The maximum absolute atomic E-state index is 4.37. The van der Waals surface area contributed by atoms with Crippen molar-refractivity contribution in [3.05, 3.63) is 30.1 Å². The quantitative estimate of drug-likeness (QED) is 0.762. The Morgan fingerprint density at radius 1 is 1.38 bits per heavy atom. The molecule has 0 fully saturated rings. The number of rotatable bonds is 7. The van der Waals surface area contributed by atoms with Crippen molar-refractivity contribution in [3.8, 4) is 0 Å². The molecule has 0 aliphatic heterocycles. The molecule has 0 bridgehead atoms. The first kappa shape index (κ1) is 13.1. The van der Waals surface area contributed by atoms with Gasteiger partial charge < -0.3 is 5.32 Å². The van der Waals surface area contributed by atoms with Crippen LogP contribution in [0, 0.1) is 0 Å². The number of likely N-dealkylation sites (N-methyl/N-ethyl adjacent to an activating group) is 2. The van der Waals surface area contributed by atoms with Gasteiger partial charge in [0.25, 0.3) is 0 Å². The van der Waals surface area contributed by atoms with Gasteiger partial charge in [-0.3, -0.25) is 9.88 Å². The zero-order valence-electron chi connectivity index (χ0n) is 10.6. The van der Waals surface area contributed by atoms with Gasteiger partial charge >= 0.3 is 0 Å². The van der Waals surface area contributed by atoms with Crippen LogP contribution in [0.4, 0.5) is 0 Å². The van der Waals surface area contributed by atoms with Gasteiger partial charge in [-0.1, -0.05) is 19.9 Å². The number of hydrogen-bond donors (Lipinski definition) is 1. The van der Waals surface area contributed by atoms with E-state index in [1.165, 1.54) is 0 Å². The summed E-state index contributed by atoms with van der Waals surface area (Å²) in [5.74, 6) is 0. The highest BCUT2D eigenvalue weighted by atomic mass is 15.2. The molecule has 1 aromatic rings. The molecular formula is C13H23N3. The smallest absolute Gasteiger partial charge is 0.0544 e. The fraction of sp³-hybridized carbons (Fsp3) is 0.615. The van der Waals surface area contributed by atoms with E-state index in [2.05, 4.69) is 42.0 Å². The third-order valence-electron chi connectivity index (χ3n) is 2.81. The molecule has 0 aliphatic rings. The summed E-state index contributed by atoms with van der Waals surface area (Å²) in [6, 6.07) is 6.64. The Kier molecular flexibility index (Phi) is 6.04. The number of pyridine rings is 1. The van der Waals surface area contributed by atoms with Gasteiger partial charge in [0.15, 0.2) is 0 Å². The van der Waals surface area contributed by atoms with E-state index in [-0.39, 0.29) is 0 Å². The molecule has 3 nitrogen and oxygen atoms in total. The van der Waals surface area contributed by atoms with E-state index in [4.69, 9.17) is 0 Å². The van der Waals surface area contributed by atoms with Crippen molar-refractivity contribution in [1.29, 1.82) is 0 Å². The lowest BCUT2D eigenvalue weighted by Crippen LogP contribution is -2.40. The minimum Gasteiger partial charge on any atom is -0.315 e. The molecule has 1 aromatic heterocycles. The van der Waals surface area contributed by atoms with Crippen LogP contribution in [0.1, 0.15) is 26.5 Å². The van der Waals surface area contributed by atoms with E-state index in [1.807, 2.05) is 18.3 Å². The fourth-order valence-corrected chi connectivity index (χ4v) is 1.76. The van der Waals surface area contributed by atoms with Crippen LogP contribution in [0.25, 0.3) is 0 Å². The van der Waals surface area contributed by atoms with Crippen molar-refractivity contribution < 1.29 is 0 Å². The molecule has 0 saturated heterocycles.